The van der Waals surface area contributed by atoms with Gasteiger partial charge in [-0.3, -0.25) is 9.59 Å². The van der Waals surface area contributed by atoms with Gasteiger partial charge in [0.05, 0.1) is 32.3 Å². The van der Waals surface area contributed by atoms with Crippen LogP contribution in [0.25, 0.3) is 0 Å². The van der Waals surface area contributed by atoms with E-state index in [4.69, 9.17) is 14.2 Å². The monoisotopic (exact) mass is 252 g/mol. The smallest absolute Gasteiger partial charge is 0.309 e. The Balaban J connectivity index is 2.59. The molecule has 5 nitrogen and oxygen atoms in total. The number of methoxy groups -OCH3 is 1. The fraction of sp³-hybridized carbons (Fsp3) is 0.385. The number of carbonyl (C=O) groups is 2. The SMILES string of the molecule is CCOC(=O)CCOc1cc(OC)ccc1C=O. The van der Waals surface area contributed by atoms with E-state index in [0.29, 0.717) is 30.0 Å². The zero-order chi connectivity index (χ0) is 13.4. The van der Waals surface area contributed by atoms with Crippen molar-refractivity contribution in [3.05, 3.63) is 23.8 Å². The van der Waals surface area contributed by atoms with Crippen molar-refractivity contribution in [2.75, 3.05) is 20.3 Å². The standard InChI is InChI=1S/C13H16O5/c1-3-17-13(15)6-7-18-12-8-11(16-2)5-4-10(12)9-14/h4-5,8-9H,3,6-7H2,1-2H3. The van der Waals surface area contributed by atoms with Gasteiger partial charge in [0.25, 0.3) is 0 Å². The summed E-state index contributed by atoms with van der Waals surface area (Å²) in [6, 6.07) is 4.88. The van der Waals surface area contributed by atoms with Gasteiger partial charge >= 0.3 is 5.97 Å². The van der Waals surface area contributed by atoms with Gasteiger partial charge in [-0.15, -0.1) is 0 Å². The van der Waals surface area contributed by atoms with Crippen molar-refractivity contribution in [1.82, 2.24) is 0 Å². The van der Waals surface area contributed by atoms with E-state index in [2.05, 4.69) is 0 Å². The summed E-state index contributed by atoms with van der Waals surface area (Å²) in [7, 11) is 1.53. The van der Waals surface area contributed by atoms with Crippen LogP contribution in [0.4, 0.5) is 0 Å². The molecule has 0 aliphatic heterocycles. The molecule has 0 bridgehead atoms. The zero-order valence-corrected chi connectivity index (χ0v) is 10.5. The van der Waals surface area contributed by atoms with E-state index in [1.54, 1.807) is 25.1 Å². The van der Waals surface area contributed by atoms with Crippen LogP contribution in [0.2, 0.25) is 0 Å². The molecule has 0 aromatic heterocycles. The minimum Gasteiger partial charge on any atom is -0.497 e. The van der Waals surface area contributed by atoms with Crippen LogP contribution in [-0.4, -0.2) is 32.6 Å². The lowest BCUT2D eigenvalue weighted by Gasteiger charge is -2.09. The number of hydrogen-bond donors (Lipinski definition) is 0. The second-order valence-corrected chi connectivity index (χ2v) is 3.43. The van der Waals surface area contributed by atoms with Crippen molar-refractivity contribution >= 4 is 12.3 Å². The summed E-state index contributed by atoms with van der Waals surface area (Å²) in [5.74, 6) is 0.661. The molecular formula is C13H16O5. The summed E-state index contributed by atoms with van der Waals surface area (Å²) in [5.41, 5.74) is 0.416. The van der Waals surface area contributed by atoms with E-state index in [1.807, 2.05) is 0 Å². The number of carbonyl (C=O) groups excluding carboxylic acids is 2. The van der Waals surface area contributed by atoms with Crippen LogP contribution in [0.3, 0.4) is 0 Å². The van der Waals surface area contributed by atoms with Gasteiger partial charge in [0.1, 0.15) is 11.5 Å². The number of ether oxygens (including phenoxy) is 3. The quantitative estimate of drug-likeness (QED) is 0.547. The molecule has 5 heteroatoms. The highest BCUT2D eigenvalue weighted by atomic mass is 16.5. The first-order chi connectivity index (χ1) is 8.71. The Morgan fingerprint density at radius 2 is 2.17 bits per heavy atom. The summed E-state index contributed by atoms with van der Waals surface area (Å²) in [6.45, 7) is 2.25. The molecule has 0 amide bonds. The van der Waals surface area contributed by atoms with Gasteiger partial charge in [0, 0.05) is 6.07 Å². The molecule has 0 spiro atoms. The maximum atomic E-state index is 11.1. The Kier molecular flexibility index (Phi) is 5.70. The van der Waals surface area contributed by atoms with Gasteiger partial charge in [0.15, 0.2) is 6.29 Å². The third-order valence-electron chi connectivity index (χ3n) is 2.22. The van der Waals surface area contributed by atoms with Crippen LogP contribution >= 0.6 is 0 Å². The molecule has 0 saturated carbocycles. The van der Waals surface area contributed by atoms with Crippen LogP contribution in [0.5, 0.6) is 11.5 Å². The van der Waals surface area contributed by atoms with Gasteiger partial charge in [-0.05, 0) is 19.1 Å². The average molecular weight is 252 g/mol. The van der Waals surface area contributed by atoms with Gasteiger partial charge in [-0.1, -0.05) is 0 Å². The Hall–Kier alpha value is -2.04. The topological polar surface area (TPSA) is 61.8 Å². The van der Waals surface area contributed by atoms with Gasteiger partial charge < -0.3 is 14.2 Å². The highest BCUT2D eigenvalue weighted by Crippen LogP contribution is 2.23. The van der Waals surface area contributed by atoms with E-state index < -0.39 is 0 Å². The lowest BCUT2D eigenvalue weighted by atomic mass is 10.2. The fourth-order valence-corrected chi connectivity index (χ4v) is 1.34. The molecule has 0 aliphatic rings. The number of rotatable bonds is 7. The Morgan fingerprint density at radius 1 is 1.39 bits per heavy atom. The first-order valence-electron chi connectivity index (χ1n) is 5.63. The molecule has 18 heavy (non-hydrogen) atoms. The molecule has 0 N–H and O–H groups in total. The van der Waals surface area contributed by atoms with Crippen molar-refractivity contribution < 1.29 is 23.8 Å². The Morgan fingerprint density at radius 3 is 2.78 bits per heavy atom. The molecule has 0 aliphatic carbocycles. The zero-order valence-electron chi connectivity index (χ0n) is 10.5. The van der Waals surface area contributed by atoms with E-state index in [9.17, 15) is 9.59 Å². The summed E-state index contributed by atoms with van der Waals surface area (Å²) in [6.07, 6.45) is 0.836. The van der Waals surface area contributed by atoms with E-state index in [-0.39, 0.29) is 19.0 Å². The average Bonchev–Trinajstić information content (AvgIpc) is 2.39. The van der Waals surface area contributed by atoms with E-state index in [0.717, 1.165) is 0 Å². The van der Waals surface area contributed by atoms with Crippen molar-refractivity contribution in [2.45, 2.75) is 13.3 Å². The number of esters is 1. The Labute approximate surface area is 106 Å². The first kappa shape index (κ1) is 14.0. The highest BCUT2D eigenvalue weighted by molar-refractivity contribution is 5.79. The maximum absolute atomic E-state index is 11.1. The van der Waals surface area contributed by atoms with Gasteiger partial charge in [0.2, 0.25) is 0 Å². The third kappa shape index (κ3) is 4.08. The van der Waals surface area contributed by atoms with Crippen molar-refractivity contribution in [3.8, 4) is 11.5 Å². The second-order valence-electron chi connectivity index (χ2n) is 3.43. The number of aldehydes is 1. The first-order valence-corrected chi connectivity index (χ1v) is 5.63. The predicted molar refractivity (Wildman–Crippen MR) is 65.1 cm³/mol. The maximum Gasteiger partial charge on any atom is 0.309 e. The lowest BCUT2D eigenvalue weighted by molar-refractivity contribution is -0.143. The van der Waals surface area contributed by atoms with Crippen LogP contribution in [0, 0.1) is 0 Å². The molecule has 0 unspecified atom stereocenters. The molecule has 0 atom stereocenters. The van der Waals surface area contributed by atoms with Crippen LogP contribution < -0.4 is 9.47 Å². The summed E-state index contributed by atoms with van der Waals surface area (Å²) in [4.78, 5) is 21.9. The van der Waals surface area contributed by atoms with E-state index >= 15 is 0 Å². The highest BCUT2D eigenvalue weighted by Gasteiger charge is 2.07. The summed E-state index contributed by atoms with van der Waals surface area (Å²) in [5, 5.41) is 0. The number of benzene rings is 1. The van der Waals surface area contributed by atoms with Crippen LogP contribution in [0.15, 0.2) is 18.2 Å². The molecule has 1 aromatic rings. The molecular weight excluding hydrogens is 236 g/mol. The van der Waals surface area contributed by atoms with Gasteiger partial charge in [-0.25, -0.2) is 0 Å². The second kappa shape index (κ2) is 7.32. The predicted octanol–water partition coefficient (Wildman–Crippen LogP) is 1.84. The molecule has 1 rings (SSSR count). The van der Waals surface area contributed by atoms with Crippen molar-refractivity contribution in [3.63, 3.8) is 0 Å². The third-order valence-corrected chi connectivity index (χ3v) is 2.22. The fourth-order valence-electron chi connectivity index (χ4n) is 1.34. The Bertz CT molecular complexity index is 414. The van der Waals surface area contributed by atoms with Crippen LogP contribution in [-0.2, 0) is 9.53 Å². The van der Waals surface area contributed by atoms with E-state index in [1.165, 1.54) is 7.11 Å². The largest absolute Gasteiger partial charge is 0.497 e. The van der Waals surface area contributed by atoms with Crippen LogP contribution in [0.1, 0.15) is 23.7 Å². The normalized spacial score (nSPS) is 9.67. The minimum atomic E-state index is -0.326. The minimum absolute atomic E-state index is 0.142. The van der Waals surface area contributed by atoms with Crippen molar-refractivity contribution in [1.29, 1.82) is 0 Å². The molecule has 0 fully saturated rings. The molecule has 0 radical (unpaired) electrons. The molecule has 98 valence electrons. The van der Waals surface area contributed by atoms with Gasteiger partial charge in [-0.2, -0.15) is 0 Å². The molecule has 0 heterocycles. The molecule has 1 aromatic carbocycles. The summed E-state index contributed by atoms with van der Waals surface area (Å²) < 4.78 is 15.2. The van der Waals surface area contributed by atoms with Crippen molar-refractivity contribution in [2.24, 2.45) is 0 Å². The summed E-state index contributed by atoms with van der Waals surface area (Å²) >= 11 is 0. The molecule has 0 saturated heterocycles. The number of hydrogen-bond acceptors (Lipinski definition) is 5. The lowest BCUT2D eigenvalue weighted by Crippen LogP contribution is -2.10.